The van der Waals surface area contributed by atoms with Gasteiger partial charge in [0, 0.05) is 0 Å². The summed E-state index contributed by atoms with van der Waals surface area (Å²) in [6, 6.07) is 0. The van der Waals surface area contributed by atoms with Crippen molar-refractivity contribution in [2.24, 2.45) is 0 Å². The molecule has 0 bridgehead atoms. The van der Waals surface area contributed by atoms with Gasteiger partial charge in [0.15, 0.2) is 6.61 Å². The van der Waals surface area contributed by atoms with E-state index in [0.29, 0.717) is 0 Å². The Morgan fingerprint density at radius 1 is 1.56 bits per heavy atom. The van der Waals surface area contributed by atoms with Gasteiger partial charge in [0.25, 0.3) is 0 Å². The van der Waals surface area contributed by atoms with Crippen molar-refractivity contribution in [1.29, 1.82) is 0 Å². The van der Waals surface area contributed by atoms with Crippen molar-refractivity contribution in [3.8, 4) is 12.3 Å². The lowest BCUT2D eigenvalue weighted by molar-refractivity contribution is -0.135. The summed E-state index contributed by atoms with van der Waals surface area (Å²) in [6.07, 6.45) is 0.204. The summed E-state index contributed by atoms with van der Waals surface area (Å²) in [5.74, 6) is 1.89. The molecule has 0 rings (SSSR count). The molecule has 9 heavy (non-hydrogen) atoms. The number of hydrogen-bond acceptors (Lipinski definition) is 1. The van der Waals surface area contributed by atoms with E-state index >= 15 is 0 Å². The Kier molecular flexibility index (Phi) is 3.10. The molecule has 0 aliphatic heterocycles. The molecule has 0 amide bonds. The maximum Gasteiger partial charge on any atom is 0.417 e. The minimum Gasteiger partial charge on any atom is -0.353 e. The van der Waals surface area contributed by atoms with Gasteiger partial charge < -0.3 is 4.74 Å². The highest BCUT2D eigenvalue weighted by Gasteiger charge is 2.28. The molecule has 0 aromatic carbocycles. The molecule has 51 valence electrons. The van der Waals surface area contributed by atoms with Crippen LogP contribution in [0.5, 0.6) is 0 Å². The van der Waals surface area contributed by atoms with Gasteiger partial charge in [-0.05, 0) is 0 Å². The molecule has 0 heterocycles. The largest absolute Gasteiger partial charge is 0.417 e. The Hall–Kier alpha value is -0.690. The molecule has 0 aromatic rings. The number of alkyl halides is 3. The van der Waals surface area contributed by atoms with Crippen molar-refractivity contribution in [2.45, 2.75) is 6.18 Å². The normalized spacial score (nSPS) is 10.9. The number of hydrogen-bond donors (Lipinski definition) is 0. The highest BCUT2D eigenvalue weighted by molar-refractivity contribution is 4.84. The van der Waals surface area contributed by atoms with Gasteiger partial charge in [0.2, 0.25) is 0 Å². The van der Waals surface area contributed by atoms with Crippen LogP contribution in [0.4, 0.5) is 13.2 Å². The third-order valence-electron chi connectivity index (χ3n) is 0.384. The van der Waals surface area contributed by atoms with E-state index in [-0.39, 0.29) is 13.2 Å². The van der Waals surface area contributed by atoms with Gasteiger partial charge in [-0.25, -0.2) is 0 Å². The average Bonchev–Trinajstić information content (AvgIpc) is 1.63. The molecule has 4 heteroatoms. The first kappa shape index (κ1) is 8.31. The van der Waals surface area contributed by atoms with Crippen LogP contribution < -0.4 is 0 Å². The molecule has 0 N–H and O–H groups in total. The summed E-state index contributed by atoms with van der Waals surface area (Å²) in [5, 5.41) is 0. The SMILES string of the molecule is C#CCO[CH]C(F)(F)F. The van der Waals surface area contributed by atoms with Gasteiger partial charge in [-0.2, -0.15) is 13.2 Å². The standard InChI is InChI=1S/C5H4F3O/c1-2-3-9-4-5(6,7)8/h1,4H,3H2. The van der Waals surface area contributed by atoms with E-state index in [1.165, 1.54) is 0 Å². The highest BCUT2D eigenvalue weighted by Crippen LogP contribution is 2.18. The fraction of sp³-hybridized carbons (Fsp3) is 0.400. The first-order chi connectivity index (χ1) is 4.06. The summed E-state index contributed by atoms with van der Waals surface area (Å²) in [6.45, 7) is -0.591. The second-order valence-electron chi connectivity index (χ2n) is 1.17. The van der Waals surface area contributed by atoms with Crippen molar-refractivity contribution in [3.63, 3.8) is 0 Å². The van der Waals surface area contributed by atoms with E-state index in [2.05, 4.69) is 11.2 Å². The molecule has 0 unspecified atom stereocenters. The van der Waals surface area contributed by atoms with Crippen LogP contribution in [0.15, 0.2) is 0 Å². The van der Waals surface area contributed by atoms with Gasteiger partial charge in [-0.1, -0.05) is 5.92 Å². The van der Waals surface area contributed by atoms with Crippen molar-refractivity contribution in [2.75, 3.05) is 6.61 Å². The first-order valence-electron chi connectivity index (χ1n) is 2.02. The zero-order valence-electron chi connectivity index (χ0n) is 4.40. The summed E-state index contributed by atoms with van der Waals surface area (Å²) >= 11 is 0. The highest BCUT2D eigenvalue weighted by atomic mass is 19.4. The van der Waals surface area contributed by atoms with Crippen LogP contribution in [-0.4, -0.2) is 12.8 Å². The zero-order valence-corrected chi connectivity index (χ0v) is 4.40. The van der Waals surface area contributed by atoms with E-state index in [4.69, 9.17) is 0 Å². The van der Waals surface area contributed by atoms with Crippen molar-refractivity contribution >= 4 is 0 Å². The fourth-order valence-electron chi connectivity index (χ4n) is 0.184. The molecule has 0 atom stereocenters. The summed E-state index contributed by atoms with van der Waals surface area (Å²) in [5.41, 5.74) is 0. The second kappa shape index (κ2) is 3.36. The van der Waals surface area contributed by atoms with E-state index in [1.54, 1.807) is 0 Å². The first-order valence-corrected chi connectivity index (χ1v) is 2.02. The van der Waals surface area contributed by atoms with Crippen LogP contribution >= 0.6 is 0 Å². The van der Waals surface area contributed by atoms with E-state index in [9.17, 15) is 13.2 Å². The molecule has 1 nitrogen and oxygen atoms in total. The van der Waals surface area contributed by atoms with E-state index in [0.717, 1.165) is 0 Å². The lowest BCUT2D eigenvalue weighted by atomic mass is 10.7. The summed E-state index contributed by atoms with van der Waals surface area (Å²) in [7, 11) is 0. The number of terminal acetylenes is 1. The Morgan fingerprint density at radius 2 is 2.11 bits per heavy atom. The van der Waals surface area contributed by atoms with Crippen LogP contribution in [0.1, 0.15) is 0 Å². The number of halogens is 3. The maximum absolute atomic E-state index is 11.1. The quantitative estimate of drug-likeness (QED) is 0.412. The Balaban J connectivity index is 3.20. The summed E-state index contributed by atoms with van der Waals surface area (Å²) < 4.78 is 37.3. The van der Waals surface area contributed by atoms with Gasteiger partial charge in [-0.3, -0.25) is 0 Å². The monoisotopic (exact) mass is 137 g/mol. The Labute approximate surface area is 50.8 Å². The zero-order chi connectivity index (χ0) is 7.33. The van der Waals surface area contributed by atoms with Gasteiger partial charge in [0.1, 0.15) is 6.61 Å². The average molecular weight is 137 g/mol. The molecule has 0 saturated carbocycles. The van der Waals surface area contributed by atoms with Crippen molar-refractivity contribution in [1.82, 2.24) is 0 Å². The molecular weight excluding hydrogens is 133 g/mol. The maximum atomic E-state index is 11.1. The molecule has 0 aromatic heterocycles. The summed E-state index contributed by atoms with van der Waals surface area (Å²) in [4.78, 5) is 0. The van der Waals surface area contributed by atoms with Crippen LogP contribution in [0, 0.1) is 19.0 Å². The molecule has 0 saturated heterocycles. The molecular formula is C5H4F3O. The third kappa shape index (κ3) is 7.31. The predicted molar refractivity (Wildman–Crippen MR) is 25.1 cm³/mol. The number of ether oxygens (including phenoxy) is 1. The lowest BCUT2D eigenvalue weighted by Gasteiger charge is -2.02. The second-order valence-corrected chi connectivity index (χ2v) is 1.17. The van der Waals surface area contributed by atoms with E-state index < -0.39 is 6.18 Å². The molecule has 0 aliphatic rings. The lowest BCUT2D eigenvalue weighted by Crippen LogP contribution is -2.10. The Morgan fingerprint density at radius 3 is 2.44 bits per heavy atom. The van der Waals surface area contributed by atoms with Gasteiger partial charge in [0.05, 0.1) is 0 Å². The predicted octanol–water partition coefficient (Wildman–Crippen LogP) is 1.36. The van der Waals surface area contributed by atoms with Gasteiger partial charge >= 0.3 is 6.18 Å². The molecule has 0 aliphatic carbocycles. The van der Waals surface area contributed by atoms with E-state index in [1.807, 2.05) is 5.92 Å². The fourth-order valence-corrected chi connectivity index (χ4v) is 0.184. The minimum absolute atomic E-state index is 0.243. The molecule has 0 fully saturated rings. The molecule has 0 spiro atoms. The topological polar surface area (TPSA) is 9.23 Å². The van der Waals surface area contributed by atoms with Crippen molar-refractivity contribution < 1.29 is 17.9 Å². The smallest absolute Gasteiger partial charge is 0.353 e. The third-order valence-corrected chi connectivity index (χ3v) is 0.384. The van der Waals surface area contributed by atoms with Crippen molar-refractivity contribution in [3.05, 3.63) is 6.61 Å². The van der Waals surface area contributed by atoms with Crippen LogP contribution in [0.2, 0.25) is 0 Å². The van der Waals surface area contributed by atoms with Crippen LogP contribution in [-0.2, 0) is 4.74 Å². The number of rotatable bonds is 2. The van der Waals surface area contributed by atoms with Crippen LogP contribution in [0.3, 0.4) is 0 Å². The van der Waals surface area contributed by atoms with Crippen LogP contribution in [0.25, 0.3) is 0 Å². The minimum atomic E-state index is -4.39. The molecule has 1 radical (unpaired) electrons. The Bertz CT molecular complexity index is 110. The van der Waals surface area contributed by atoms with Gasteiger partial charge in [-0.15, -0.1) is 6.42 Å².